The molecule has 1 amide bonds. The van der Waals surface area contributed by atoms with Gasteiger partial charge in [0.05, 0.1) is 5.69 Å². The number of ether oxygens (including phenoxy) is 1. The van der Waals surface area contributed by atoms with Crippen LogP contribution in [0.3, 0.4) is 0 Å². The molecule has 1 aliphatic rings. The van der Waals surface area contributed by atoms with Gasteiger partial charge in [0.15, 0.2) is 0 Å². The minimum atomic E-state index is -0.317. The van der Waals surface area contributed by atoms with E-state index in [1.807, 2.05) is 0 Å². The molecule has 1 N–H and O–H groups in total. The highest BCUT2D eigenvalue weighted by Crippen LogP contribution is 2.26. The lowest BCUT2D eigenvalue weighted by Gasteiger charge is -2.11. The van der Waals surface area contributed by atoms with Gasteiger partial charge >= 0.3 is 0 Å². The van der Waals surface area contributed by atoms with E-state index in [0.29, 0.717) is 17.3 Å². The molecule has 0 bridgehead atoms. The van der Waals surface area contributed by atoms with E-state index in [2.05, 4.69) is 21.2 Å². The lowest BCUT2D eigenvalue weighted by atomic mass is 10.2. The van der Waals surface area contributed by atoms with Crippen LogP contribution in [-0.4, -0.2) is 18.6 Å². The molecule has 2 rings (SSSR count). The van der Waals surface area contributed by atoms with Crippen LogP contribution in [0.2, 0.25) is 5.02 Å². The highest BCUT2D eigenvalue weighted by atomic mass is 79.9. The summed E-state index contributed by atoms with van der Waals surface area (Å²) >= 11 is 9.16. The van der Waals surface area contributed by atoms with Crippen molar-refractivity contribution in [1.29, 1.82) is 0 Å². The van der Waals surface area contributed by atoms with Gasteiger partial charge in [-0.05, 0) is 47.0 Å². The quantitative estimate of drug-likeness (QED) is 0.911. The average molecular weight is 305 g/mol. The molecule has 0 unspecified atom stereocenters. The zero-order valence-corrected chi connectivity index (χ0v) is 10.8. The molecule has 5 heteroatoms. The van der Waals surface area contributed by atoms with Gasteiger partial charge in [0.1, 0.15) is 6.10 Å². The third kappa shape index (κ3) is 2.75. The Hall–Kier alpha value is -0.580. The first kappa shape index (κ1) is 11.9. The van der Waals surface area contributed by atoms with Crippen LogP contribution in [0.1, 0.15) is 12.8 Å². The molecule has 1 aliphatic heterocycles. The largest absolute Gasteiger partial charge is 0.368 e. The van der Waals surface area contributed by atoms with E-state index in [1.54, 1.807) is 18.2 Å². The summed E-state index contributed by atoms with van der Waals surface area (Å²) in [5.74, 6) is -0.0967. The van der Waals surface area contributed by atoms with E-state index >= 15 is 0 Å². The summed E-state index contributed by atoms with van der Waals surface area (Å²) in [5.41, 5.74) is 0.713. The summed E-state index contributed by atoms with van der Waals surface area (Å²) in [7, 11) is 0. The van der Waals surface area contributed by atoms with Crippen LogP contribution >= 0.6 is 27.5 Å². The smallest absolute Gasteiger partial charge is 0.253 e. The second-order valence-electron chi connectivity index (χ2n) is 3.62. The van der Waals surface area contributed by atoms with Crippen molar-refractivity contribution in [2.24, 2.45) is 0 Å². The molecule has 1 aromatic carbocycles. The highest BCUT2D eigenvalue weighted by molar-refractivity contribution is 9.10. The summed E-state index contributed by atoms with van der Waals surface area (Å²) in [5, 5.41) is 3.44. The molecule has 0 aliphatic carbocycles. The Morgan fingerprint density at radius 3 is 3.00 bits per heavy atom. The fraction of sp³-hybridized carbons (Fsp3) is 0.364. The Bertz CT molecular complexity index is 405. The van der Waals surface area contributed by atoms with E-state index in [9.17, 15) is 4.79 Å². The molecule has 0 spiro atoms. The number of hydrogen-bond acceptors (Lipinski definition) is 2. The summed E-state index contributed by atoms with van der Waals surface area (Å²) in [6.45, 7) is 0.667. The molecule has 1 atom stereocenters. The maximum atomic E-state index is 11.8. The third-order valence-corrected chi connectivity index (χ3v) is 3.30. The Morgan fingerprint density at radius 2 is 2.38 bits per heavy atom. The van der Waals surface area contributed by atoms with E-state index in [4.69, 9.17) is 16.3 Å². The maximum Gasteiger partial charge on any atom is 0.253 e. The van der Waals surface area contributed by atoms with Crippen LogP contribution in [-0.2, 0) is 9.53 Å². The van der Waals surface area contributed by atoms with Crippen LogP contribution in [0.5, 0.6) is 0 Å². The van der Waals surface area contributed by atoms with E-state index in [0.717, 1.165) is 17.3 Å². The second kappa shape index (κ2) is 5.17. The van der Waals surface area contributed by atoms with Gasteiger partial charge in [-0.25, -0.2) is 0 Å². The maximum absolute atomic E-state index is 11.8. The van der Waals surface area contributed by atoms with Gasteiger partial charge in [-0.3, -0.25) is 4.79 Å². The predicted octanol–water partition coefficient (Wildman–Crippen LogP) is 3.22. The topological polar surface area (TPSA) is 38.3 Å². The lowest BCUT2D eigenvalue weighted by Crippen LogP contribution is -2.26. The first-order valence-electron chi connectivity index (χ1n) is 5.04. The van der Waals surface area contributed by atoms with E-state index < -0.39 is 0 Å². The molecule has 1 fully saturated rings. The van der Waals surface area contributed by atoms with Gasteiger partial charge in [-0.2, -0.15) is 0 Å². The summed E-state index contributed by atoms with van der Waals surface area (Å²) < 4.78 is 6.07. The summed E-state index contributed by atoms with van der Waals surface area (Å²) in [6, 6.07) is 5.24. The molecular weight excluding hydrogens is 293 g/mol. The van der Waals surface area contributed by atoms with Gasteiger partial charge in [-0.15, -0.1) is 0 Å². The molecule has 3 nitrogen and oxygen atoms in total. The normalized spacial score (nSPS) is 19.8. The summed E-state index contributed by atoms with van der Waals surface area (Å²) in [4.78, 5) is 11.8. The fourth-order valence-electron chi connectivity index (χ4n) is 1.59. The number of benzene rings is 1. The Balaban J connectivity index is 2.05. The number of hydrogen-bond donors (Lipinski definition) is 1. The van der Waals surface area contributed by atoms with Crippen LogP contribution < -0.4 is 5.32 Å². The number of carbonyl (C=O) groups is 1. The molecule has 0 aromatic heterocycles. The van der Waals surface area contributed by atoms with Crippen molar-refractivity contribution < 1.29 is 9.53 Å². The molecule has 86 valence electrons. The minimum absolute atomic E-state index is 0.0967. The highest BCUT2D eigenvalue weighted by Gasteiger charge is 2.23. The third-order valence-electron chi connectivity index (χ3n) is 2.41. The molecule has 16 heavy (non-hydrogen) atoms. The van der Waals surface area contributed by atoms with Crippen molar-refractivity contribution in [3.05, 3.63) is 27.7 Å². The summed E-state index contributed by atoms with van der Waals surface area (Å²) in [6.07, 6.45) is 1.42. The molecule has 0 radical (unpaired) electrons. The van der Waals surface area contributed by atoms with Gasteiger partial charge in [-0.1, -0.05) is 11.6 Å². The average Bonchev–Trinajstić information content (AvgIpc) is 2.75. The van der Waals surface area contributed by atoms with Crippen LogP contribution in [0.4, 0.5) is 5.69 Å². The first-order chi connectivity index (χ1) is 7.66. The number of nitrogens with one attached hydrogen (secondary N) is 1. The Morgan fingerprint density at radius 1 is 1.56 bits per heavy atom. The second-order valence-corrected chi connectivity index (χ2v) is 4.91. The van der Waals surface area contributed by atoms with Gasteiger partial charge < -0.3 is 10.1 Å². The monoisotopic (exact) mass is 303 g/mol. The first-order valence-corrected chi connectivity index (χ1v) is 6.21. The van der Waals surface area contributed by atoms with Crippen molar-refractivity contribution in [2.45, 2.75) is 18.9 Å². The van der Waals surface area contributed by atoms with Crippen LogP contribution in [0.15, 0.2) is 22.7 Å². The molecule has 1 aromatic rings. The van der Waals surface area contributed by atoms with Crippen molar-refractivity contribution in [3.8, 4) is 0 Å². The Labute approximate surface area is 107 Å². The van der Waals surface area contributed by atoms with Gasteiger partial charge in [0, 0.05) is 16.1 Å². The SMILES string of the molecule is O=C(Nc1ccc(Cl)cc1Br)[C@H]1CCCO1. The zero-order valence-electron chi connectivity index (χ0n) is 8.50. The number of rotatable bonds is 2. The van der Waals surface area contributed by atoms with Crippen LogP contribution in [0.25, 0.3) is 0 Å². The number of halogens is 2. The van der Waals surface area contributed by atoms with E-state index in [1.165, 1.54) is 0 Å². The van der Waals surface area contributed by atoms with Crippen molar-refractivity contribution >= 4 is 39.1 Å². The molecule has 1 heterocycles. The molecule has 1 saturated heterocycles. The molecule has 0 saturated carbocycles. The van der Waals surface area contributed by atoms with Crippen molar-refractivity contribution in [1.82, 2.24) is 0 Å². The van der Waals surface area contributed by atoms with Gasteiger partial charge in [0.2, 0.25) is 0 Å². The fourth-order valence-corrected chi connectivity index (χ4v) is 2.37. The van der Waals surface area contributed by atoms with Crippen LogP contribution in [0, 0.1) is 0 Å². The van der Waals surface area contributed by atoms with Gasteiger partial charge in [0.25, 0.3) is 5.91 Å². The zero-order chi connectivity index (χ0) is 11.5. The molecular formula is C11H11BrClNO2. The van der Waals surface area contributed by atoms with Crippen molar-refractivity contribution in [3.63, 3.8) is 0 Å². The van der Waals surface area contributed by atoms with Crippen molar-refractivity contribution in [2.75, 3.05) is 11.9 Å². The number of anilines is 1. The predicted molar refractivity (Wildman–Crippen MR) is 66.8 cm³/mol. The lowest BCUT2D eigenvalue weighted by molar-refractivity contribution is -0.124. The standard InChI is InChI=1S/C11H11BrClNO2/c12-8-6-7(13)3-4-9(8)14-11(15)10-2-1-5-16-10/h3-4,6,10H,1-2,5H2,(H,14,15)/t10-/m1/s1. The Kier molecular flexibility index (Phi) is 3.84. The number of amides is 1. The number of carbonyl (C=O) groups excluding carboxylic acids is 1. The van der Waals surface area contributed by atoms with E-state index in [-0.39, 0.29) is 12.0 Å². The minimum Gasteiger partial charge on any atom is -0.368 e.